The molecular formula is C17H22N2O2. The first-order valence-corrected chi connectivity index (χ1v) is 7.55. The molecule has 2 unspecified atom stereocenters. The Morgan fingerprint density at radius 2 is 2.24 bits per heavy atom. The van der Waals surface area contributed by atoms with Gasteiger partial charge in [-0.2, -0.15) is 0 Å². The molecule has 0 aliphatic carbocycles. The molecule has 1 saturated heterocycles. The van der Waals surface area contributed by atoms with Gasteiger partial charge in [0.25, 0.3) is 0 Å². The SMILES string of the molecule is COCCNCC1CCOC1c1ccnc2ccccc12. The number of aromatic nitrogens is 1. The van der Waals surface area contributed by atoms with Crippen LogP contribution in [0.15, 0.2) is 36.5 Å². The van der Waals surface area contributed by atoms with Crippen LogP contribution < -0.4 is 5.32 Å². The Labute approximate surface area is 125 Å². The van der Waals surface area contributed by atoms with E-state index in [1.807, 2.05) is 12.3 Å². The van der Waals surface area contributed by atoms with E-state index >= 15 is 0 Å². The van der Waals surface area contributed by atoms with Crippen molar-refractivity contribution in [1.29, 1.82) is 0 Å². The van der Waals surface area contributed by atoms with Gasteiger partial charge in [0.2, 0.25) is 0 Å². The second-order valence-electron chi connectivity index (χ2n) is 5.45. The van der Waals surface area contributed by atoms with Crippen LogP contribution in [0.4, 0.5) is 0 Å². The molecule has 4 nitrogen and oxygen atoms in total. The van der Waals surface area contributed by atoms with Crippen molar-refractivity contribution in [3.05, 3.63) is 42.1 Å². The second kappa shape index (κ2) is 6.98. The Kier molecular flexibility index (Phi) is 4.80. The van der Waals surface area contributed by atoms with Crippen molar-refractivity contribution in [3.8, 4) is 0 Å². The number of nitrogens with one attached hydrogen (secondary N) is 1. The number of pyridine rings is 1. The van der Waals surface area contributed by atoms with E-state index in [0.717, 1.165) is 38.2 Å². The van der Waals surface area contributed by atoms with Gasteiger partial charge in [0.05, 0.1) is 18.2 Å². The number of ether oxygens (including phenoxy) is 2. The molecule has 2 aromatic rings. The van der Waals surface area contributed by atoms with Gasteiger partial charge in [-0.1, -0.05) is 18.2 Å². The maximum absolute atomic E-state index is 6.02. The van der Waals surface area contributed by atoms with Crippen LogP contribution in [0.2, 0.25) is 0 Å². The minimum Gasteiger partial charge on any atom is -0.383 e. The van der Waals surface area contributed by atoms with Crippen LogP contribution in [0, 0.1) is 5.92 Å². The highest BCUT2D eigenvalue weighted by Crippen LogP contribution is 2.37. The molecule has 1 aliphatic heterocycles. The highest BCUT2D eigenvalue weighted by atomic mass is 16.5. The van der Waals surface area contributed by atoms with Crippen LogP contribution in [-0.4, -0.2) is 38.4 Å². The summed E-state index contributed by atoms with van der Waals surface area (Å²) in [5.41, 5.74) is 2.30. The second-order valence-corrected chi connectivity index (χ2v) is 5.45. The lowest BCUT2D eigenvalue weighted by Gasteiger charge is -2.20. The van der Waals surface area contributed by atoms with Crippen molar-refractivity contribution in [1.82, 2.24) is 10.3 Å². The van der Waals surface area contributed by atoms with Gasteiger partial charge in [-0.3, -0.25) is 4.98 Å². The summed E-state index contributed by atoms with van der Waals surface area (Å²) in [6.45, 7) is 3.43. The van der Waals surface area contributed by atoms with Crippen LogP contribution in [0.1, 0.15) is 18.1 Å². The molecule has 1 N–H and O–H groups in total. The average Bonchev–Trinajstić information content (AvgIpc) is 2.99. The summed E-state index contributed by atoms with van der Waals surface area (Å²) in [5, 5.41) is 4.66. The first-order valence-electron chi connectivity index (χ1n) is 7.55. The molecule has 1 fully saturated rings. The first-order chi connectivity index (χ1) is 10.4. The molecule has 0 saturated carbocycles. The lowest BCUT2D eigenvalue weighted by atomic mass is 9.93. The number of rotatable bonds is 6. The first kappa shape index (κ1) is 14.4. The maximum Gasteiger partial charge on any atom is 0.0873 e. The summed E-state index contributed by atoms with van der Waals surface area (Å²) in [4.78, 5) is 4.44. The number of fused-ring (bicyclic) bond motifs is 1. The van der Waals surface area contributed by atoms with Gasteiger partial charge in [0.1, 0.15) is 0 Å². The molecule has 3 rings (SSSR count). The van der Waals surface area contributed by atoms with Gasteiger partial charge in [-0.25, -0.2) is 0 Å². The van der Waals surface area contributed by atoms with E-state index in [4.69, 9.17) is 9.47 Å². The molecule has 1 aromatic heterocycles. The Morgan fingerprint density at radius 1 is 1.33 bits per heavy atom. The van der Waals surface area contributed by atoms with Crippen molar-refractivity contribution in [2.75, 3.05) is 33.4 Å². The topological polar surface area (TPSA) is 43.4 Å². The zero-order chi connectivity index (χ0) is 14.5. The third kappa shape index (κ3) is 3.23. The largest absolute Gasteiger partial charge is 0.383 e. The predicted molar refractivity (Wildman–Crippen MR) is 83.3 cm³/mol. The third-order valence-corrected chi connectivity index (χ3v) is 4.09. The Morgan fingerprint density at radius 3 is 3.14 bits per heavy atom. The monoisotopic (exact) mass is 286 g/mol. The fourth-order valence-corrected chi connectivity index (χ4v) is 3.01. The molecule has 0 radical (unpaired) electrons. The summed E-state index contributed by atoms with van der Waals surface area (Å²) in [7, 11) is 1.73. The number of hydrogen-bond acceptors (Lipinski definition) is 4. The van der Waals surface area contributed by atoms with Crippen LogP contribution in [-0.2, 0) is 9.47 Å². The standard InChI is InChI=1S/C17H22N2O2/c1-20-11-9-18-12-13-7-10-21-17(13)15-6-8-19-16-5-3-2-4-14(15)16/h2-6,8,13,17-18H,7,9-12H2,1H3. The number of para-hydroxylation sites is 1. The predicted octanol–water partition coefficient (Wildman–Crippen LogP) is 2.55. The zero-order valence-electron chi connectivity index (χ0n) is 12.4. The van der Waals surface area contributed by atoms with Crippen molar-refractivity contribution in [2.45, 2.75) is 12.5 Å². The zero-order valence-corrected chi connectivity index (χ0v) is 12.4. The molecule has 4 heteroatoms. The van der Waals surface area contributed by atoms with Crippen LogP contribution in [0.5, 0.6) is 0 Å². The minimum absolute atomic E-state index is 0.160. The molecule has 0 amide bonds. The number of hydrogen-bond donors (Lipinski definition) is 1. The highest BCUT2D eigenvalue weighted by molar-refractivity contribution is 5.82. The van der Waals surface area contributed by atoms with Crippen LogP contribution in [0.3, 0.4) is 0 Å². The molecule has 2 heterocycles. The van der Waals surface area contributed by atoms with E-state index in [0.29, 0.717) is 5.92 Å². The van der Waals surface area contributed by atoms with Crippen LogP contribution >= 0.6 is 0 Å². The highest BCUT2D eigenvalue weighted by Gasteiger charge is 2.30. The Balaban J connectivity index is 1.77. The minimum atomic E-state index is 0.160. The molecule has 1 aliphatic rings. The summed E-state index contributed by atoms with van der Waals surface area (Å²) in [6.07, 6.45) is 3.14. The number of methoxy groups -OCH3 is 1. The third-order valence-electron chi connectivity index (χ3n) is 4.09. The van der Waals surface area contributed by atoms with E-state index in [2.05, 4.69) is 34.6 Å². The smallest absolute Gasteiger partial charge is 0.0873 e. The Bertz CT molecular complexity index is 583. The average molecular weight is 286 g/mol. The fourth-order valence-electron chi connectivity index (χ4n) is 3.01. The van der Waals surface area contributed by atoms with E-state index in [1.165, 1.54) is 10.9 Å². The lowest BCUT2D eigenvalue weighted by molar-refractivity contribution is 0.0909. The summed E-state index contributed by atoms with van der Waals surface area (Å²) in [5.74, 6) is 0.507. The normalized spacial score (nSPS) is 22.0. The molecule has 21 heavy (non-hydrogen) atoms. The van der Waals surface area contributed by atoms with Gasteiger partial charge in [-0.05, 0) is 24.1 Å². The van der Waals surface area contributed by atoms with Crippen molar-refractivity contribution in [2.24, 2.45) is 5.92 Å². The molecule has 2 atom stereocenters. The van der Waals surface area contributed by atoms with E-state index in [9.17, 15) is 0 Å². The van der Waals surface area contributed by atoms with Gasteiger partial charge in [-0.15, -0.1) is 0 Å². The van der Waals surface area contributed by atoms with Crippen molar-refractivity contribution in [3.63, 3.8) is 0 Å². The lowest BCUT2D eigenvalue weighted by Crippen LogP contribution is -2.27. The van der Waals surface area contributed by atoms with Crippen molar-refractivity contribution >= 4 is 10.9 Å². The maximum atomic E-state index is 6.02. The summed E-state index contributed by atoms with van der Waals surface area (Å²) in [6, 6.07) is 10.4. The molecule has 112 valence electrons. The van der Waals surface area contributed by atoms with E-state index < -0.39 is 0 Å². The van der Waals surface area contributed by atoms with E-state index in [-0.39, 0.29) is 6.10 Å². The molecular weight excluding hydrogens is 264 g/mol. The molecule has 0 spiro atoms. The summed E-state index contributed by atoms with van der Waals surface area (Å²) >= 11 is 0. The van der Waals surface area contributed by atoms with Gasteiger partial charge >= 0.3 is 0 Å². The summed E-state index contributed by atoms with van der Waals surface area (Å²) < 4.78 is 11.1. The number of nitrogens with zero attached hydrogens (tertiary/aromatic N) is 1. The van der Waals surface area contributed by atoms with Gasteiger partial charge in [0.15, 0.2) is 0 Å². The fraction of sp³-hybridized carbons (Fsp3) is 0.471. The quantitative estimate of drug-likeness (QED) is 0.829. The Hall–Kier alpha value is -1.49. The number of benzene rings is 1. The van der Waals surface area contributed by atoms with Crippen LogP contribution in [0.25, 0.3) is 10.9 Å². The molecule has 1 aromatic carbocycles. The van der Waals surface area contributed by atoms with E-state index in [1.54, 1.807) is 7.11 Å². The van der Waals surface area contributed by atoms with Gasteiger partial charge < -0.3 is 14.8 Å². The molecule has 0 bridgehead atoms. The van der Waals surface area contributed by atoms with Crippen molar-refractivity contribution < 1.29 is 9.47 Å². The van der Waals surface area contributed by atoms with Gasteiger partial charge in [0, 0.05) is 44.3 Å².